The van der Waals surface area contributed by atoms with Crippen LogP contribution in [0.15, 0.2) is 34.7 Å². The lowest BCUT2D eigenvalue weighted by Crippen LogP contribution is -2.03. The first-order valence-corrected chi connectivity index (χ1v) is 5.52. The summed E-state index contributed by atoms with van der Waals surface area (Å²) in [6.07, 6.45) is 0. The molecule has 0 saturated carbocycles. The zero-order valence-electron chi connectivity index (χ0n) is 9.99. The summed E-state index contributed by atoms with van der Waals surface area (Å²) in [6, 6.07) is 9.21. The smallest absolute Gasteiger partial charge is 0.228 e. The van der Waals surface area contributed by atoms with E-state index in [1.54, 1.807) is 12.1 Å². The van der Waals surface area contributed by atoms with E-state index in [9.17, 15) is 4.79 Å². The first-order valence-electron chi connectivity index (χ1n) is 5.52. The maximum atomic E-state index is 12.2. The van der Waals surface area contributed by atoms with Gasteiger partial charge in [-0.2, -0.15) is 0 Å². The van der Waals surface area contributed by atoms with Crippen molar-refractivity contribution in [2.75, 3.05) is 0 Å². The summed E-state index contributed by atoms with van der Waals surface area (Å²) in [6.45, 7) is 4.18. The molecule has 0 aliphatic carbocycles. The minimum atomic E-state index is -0.0918. The second-order valence-electron chi connectivity index (χ2n) is 4.12. The van der Waals surface area contributed by atoms with E-state index in [-0.39, 0.29) is 5.78 Å². The molecule has 0 saturated heterocycles. The molecule has 0 aliphatic heterocycles. The van der Waals surface area contributed by atoms with Crippen LogP contribution in [0.1, 0.15) is 33.0 Å². The minimum absolute atomic E-state index is 0.0918. The van der Waals surface area contributed by atoms with Gasteiger partial charge in [0.05, 0.1) is 6.54 Å². The van der Waals surface area contributed by atoms with E-state index < -0.39 is 0 Å². The fourth-order valence-electron chi connectivity index (χ4n) is 1.72. The summed E-state index contributed by atoms with van der Waals surface area (Å²) in [5.74, 6) is 0.878. The molecule has 0 atom stereocenters. The Hall–Kier alpha value is -1.87. The number of benzene rings is 1. The van der Waals surface area contributed by atoms with Crippen molar-refractivity contribution in [3.63, 3.8) is 0 Å². The van der Waals surface area contributed by atoms with Gasteiger partial charge in [-0.1, -0.05) is 17.7 Å². The SMILES string of the molecule is Cc1ccc(C)c(C(=O)c2ccc(CN)o2)c1. The van der Waals surface area contributed by atoms with Crippen molar-refractivity contribution >= 4 is 5.78 Å². The molecule has 0 spiro atoms. The molecule has 2 aromatic rings. The van der Waals surface area contributed by atoms with E-state index in [1.807, 2.05) is 32.0 Å². The molecule has 17 heavy (non-hydrogen) atoms. The van der Waals surface area contributed by atoms with E-state index >= 15 is 0 Å². The number of carbonyl (C=O) groups is 1. The second-order valence-corrected chi connectivity index (χ2v) is 4.12. The molecule has 2 N–H and O–H groups in total. The van der Waals surface area contributed by atoms with E-state index in [1.165, 1.54) is 0 Å². The number of carbonyl (C=O) groups excluding carboxylic acids is 1. The second kappa shape index (κ2) is 4.55. The average molecular weight is 229 g/mol. The molecular weight excluding hydrogens is 214 g/mol. The summed E-state index contributed by atoms with van der Waals surface area (Å²) in [7, 11) is 0. The lowest BCUT2D eigenvalue weighted by atomic mass is 10.0. The maximum Gasteiger partial charge on any atom is 0.228 e. The van der Waals surface area contributed by atoms with Crippen LogP contribution in [0.25, 0.3) is 0 Å². The molecule has 0 unspecified atom stereocenters. The van der Waals surface area contributed by atoms with Crippen molar-refractivity contribution < 1.29 is 9.21 Å². The molecule has 0 bridgehead atoms. The molecule has 0 fully saturated rings. The molecule has 1 aromatic carbocycles. The molecule has 88 valence electrons. The van der Waals surface area contributed by atoms with Crippen molar-refractivity contribution in [3.8, 4) is 0 Å². The summed E-state index contributed by atoms with van der Waals surface area (Å²) in [4.78, 5) is 12.2. The Labute approximate surface area is 100 Å². The number of aryl methyl sites for hydroxylation is 2. The fourth-order valence-corrected chi connectivity index (χ4v) is 1.72. The zero-order chi connectivity index (χ0) is 12.4. The van der Waals surface area contributed by atoms with Crippen LogP contribution >= 0.6 is 0 Å². The highest BCUT2D eigenvalue weighted by Crippen LogP contribution is 2.17. The van der Waals surface area contributed by atoms with Gasteiger partial charge in [-0.25, -0.2) is 0 Å². The van der Waals surface area contributed by atoms with Crippen molar-refractivity contribution in [1.29, 1.82) is 0 Å². The molecule has 2 rings (SSSR count). The van der Waals surface area contributed by atoms with E-state index in [4.69, 9.17) is 10.2 Å². The van der Waals surface area contributed by atoms with Gasteiger partial charge in [0.25, 0.3) is 0 Å². The predicted octanol–water partition coefficient (Wildman–Crippen LogP) is 2.59. The Balaban J connectivity index is 2.39. The van der Waals surface area contributed by atoms with Crippen LogP contribution in [-0.4, -0.2) is 5.78 Å². The molecule has 0 aliphatic rings. The Morgan fingerprint density at radius 3 is 2.65 bits per heavy atom. The lowest BCUT2D eigenvalue weighted by molar-refractivity contribution is 0.101. The van der Waals surface area contributed by atoms with Crippen LogP contribution in [0.5, 0.6) is 0 Å². The van der Waals surface area contributed by atoms with Crippen LogP contribution in [-0.2, 0) is 6.54 Å². The largest absolute Gasteiger partial charge is 0.456 e. The summed E-state index contributed by atoms with van der Waals surface area (Å²) >= 11 is 0. The number of ketones is 1. The van der Waals surface area contributed by atoms with Crippen molar-refractivity contribution in [1.82, 2.24) is 0 Å². The van der Waals surface area contributed by atoms with Crippen molar-refractivity contribution in [3.05, 3.63) is 58.5 Å². The standard InChI is InChI=1S/C14H15NO2/c1-9-3-4-10(2)12(7-9)14(16)13-6-5-11(8-15)17-13/h3-7H,8,15H2,1-2H3. The Kier molecular flexibility index (Phi) is 3.11. The third-order valence-electron chi connectivity index (χ3n) is 2.72. The molecule has 3 nitrogen and oxygen atoms in total. The summed E-state index contributed by atoms with van der Waals surface area (Å²) < 4.78 is 5.37. The van der Waals surface area contributed by atoms with Gasteiger partial charge in [-0.15, -0.1) is 0 Å². The Morgan fingerprint density at radius 2 is 2.00 bits per heavy atom. The fraction of sp³-hybridized carbons (Fsp3) is 0.214. The first kappa shape index (κ1) is 11.6. The minimum Gasteiger partial charge on any atom is -0.456 e. The topological polar surface area (TPSA) is 56.2 Å². The first-order chi connectivity index (χ1) is 8.11. The van der Waals surface area contributed by atoms with Gasteiger partial charge in [0, 0.05) is 5.56 Å². The average Bonchev–Trinajstić information content (AvgIpc) is 2.80. The highest BCUT2D eigenvalue weighted by Gasteiger charge is 2.15. The van der Waals surface area contributed by atoms with Crippen molar-refractivity contribution in [2.24, 2.45) is 5.73 Å². The quantitative estimate of drug-likeness (QED) is 0.823. The number of nitrogens with two attached hydrogens (primary N) is 1. The van der Waals surface area contributed by atoms with Gasteiger partial charge in [-0.3, -0.25) is 4.79 Å². The molecule has 1 aromatic heterocycles. The summed E-state index contributed by atoms with van der Waals surface area (Å²) in [5.41, 5.74) is 8.14. The molecular formula is C14H15NO2. The van der Waals surface area contributed by atoms with E-state index in [0.29, 0.717) is 23.6 Å². The van der Waals surface area contributed by atoms with Crippen LogP contribution < -0.4 is 5.73 Å². The van der Waals surface area contributed by atoms with Gasteiger partial charge in [0.15, 0.2) is 5.76 Å². The van der Waals surface area contributed by atoms with Crippen LogP contribution in [0, 0.1) is 13.8 Å². The van der Waals surface area contributed by atoms with Gasteiger partial charge in [-0.05, 0) is 37.6 Å². The Bertz CT molecular complexity index is 555. The van der Waals surface area contributed by atoms with Gasteiger partial charge >= 0.3 is 0 Å². The highest BCUT2D eigenvalue weighted by molar-refractivity contribution is 6.08. The van der Waals surface area contributed by atoms with Gasteiger partial charge in [0.2, 0.25) is 5.78 Å². The highest BCUT2D eigenvalue weighted by atomic mass is 16.3. The predicted molar refractivity (Wildman–Crippen MR) is 65.9 cm³/mol. The van der Waals surface area contributed by atoms with Crippen LogP contribution in [0.2, 0.25) is 0 Å². The number of hydrogen-bond acceptors (Lipinski definition) is 3. The molecule has 3 heteroatoms. The van der Waals surface area contributed by atoms with Gasteiger partial charge in [0.1, 0.15) is 5.76 Å². The third-order valence-corrected chi connectivity index (χ3v) is 2.72. The molecule has 0 amide bonds. The molecule has 0 radical (unpaired) electrons. The zero-order valence-corrected chi connectivity index (χ0v) is 9.99. The Morgan fingerprint density at radius 1 is 1.24 bits per heavy atom. The third kappa shape index (κ3) is 2.29. The number of hydrogen-bond donors (Lipinski definition) is 1. The normalized spacial score (nSPS) is 10.5. The van der Waals surface area contributed by atoms with Crippen LogP contribution in [0.4, 0.5) is 0 Å². The van der Waals surface area contributed by atoms with E-state index in [2.05, 4.69) is 0 Å². The summed E-state index contributed by atoms with van der Waals surface area (Å²) in [5, 5.41) is 0. The van der Waals surface area contributed by atoms with Crippen molar-refractivity contribution in [2.45, 2.75) is 20.4 Å². The van der Waals surface area contributed by atoms with Gasteiger partial charge < -0.3 is 10.2 Å². The molecule has 1 heterocycles. The maximum absolute atomic E-state index is 12.2. The number of rotatable bonds is 3. The van der Waals surface area contributed by atoms with E-state index in [0.717, 1.165) is 11.1 Å². The lowest BCUT2D eigenvalue weighted by Gasteiger charge is -2.04. The monoisotopic (exact) mass is 229 g/mol. The number of furan rings is 1. The van der Waals surface area contributed by atoms with Crippen LogP contribution in [0.3, 0.4) is 0 Å².